The fourth-order valence-corrected chi connectivity index (χ4v) is 3.28. The zero-order chi connectivity index (χ0) is 19.2. The van der Waals surface area contributed by atoms with Crippen LogP contribution >= 0.6 is 11.3 Å². The zero-order valence-corrected chi connectivity index (χ0v) is 15.6. The van der Waals surface area contributed by atoms with Crippen LogP contribution in [0.25, 0.3) is 0 Å². The zero-order valence-electron chi connectivity index (χ0n) is 14.8. The summed E-state index contributed by atoms with van der Waals surface area (Å²) in [5.41, 5.74) is 1.88. The van der Waals surface area contributed by atoms with Crippen LogP contribution in [0.1, 0.15) is 32.5 Å². The third kappa shape index (κ3) is 4.80. The highest BCUT2D eigenvalue weighted by atomic mass is 32.1. The number of nitrogens with one attached hydrogen (secondary N) is 1. The molecule has 0 saturated heterocycles. The lowest BCUT2D eigenvalue weighted by Crippen LogP contribution is -2.30. The van der Waals surface area contributed by atoms with Gasteiger partial charge in [0.25, 0.3) is 11.8 Å². The fraction of sp³-hybridized carbons (Fsp3) is 0.143. The average Bonchev–Trinajstić information content (AvgIpc) is 3.21. The predicted molar refractivity (Wildman–Crippen MR) is 106 cm³/mol. The van der Waals surface area contributed by atoms with E-state index in [0.29, 0.717) is 29.2 Å². The first-order chi connectivity index (χ1) is 13.1. The molecular weight excluding hydrogens is 363 g/mol. The van der Waals surface area contributed by atoms with E-state index in [0.717, 1.165) is 5.56 Å². The van der Waals surface area contributed by atoms with Crippen LogP contribution in [0.15, 0.2) is 66.0 Å². The lowest BCUT2D eigenvalue weighted by molar-refractivity contribution is 0.0752. The molecular formula is C21H19FN2O2S. The third-order valence-electron chi connectivity index (χ3n) is 4.07. The van der Waals surface area contributed by atoms with Gasteiger partial charge >= 0.3 is 0 Å². The van der Waals surface area contributed by atoms with E-state index in [4.69, 9.17) is 0 Å². The maximum absolute atomic E-state index is 13.4. The summed E-state index contributed by atoms with van der Waals surface area (Å²) in [6.45, 7) is 2.73. The third-order valence-corrected chi connectivity index (χ3v) is 4.93. The van der Waals surface area contributed by atoms with Gasteiger partial charge in [0, 0.05) is 24.3 Å². The largest absolute Gasteiger partial charge is 0.335 e. The van der Waals surface area contributed by atoms with Crippen molar-refractivity contribution in [2.45, 2.75) is 13.5 Å². The van der Waals surface area contributed by atoms with Crippen molar-refractivity contribution in [3.63, 3.8) is 0 Å². The van der Waals surface area contributed by atoms with Crippen LogP contribution < -0.4 is 5.32 Å². The molecule has 0 aliphatic heterocycles. The number of nitrogens with zero attached hydrogens (tertiary/aromatic N) is 1. The molecule has 0 fully saturated rings. The van der Waals surface area contributed by atoms with Gasteiger partial charge < -0.3 is 10.2 Å². The van der Waals surface area contributed by atoms with Crippen molar-refractivity contribution in [2.24, 2.45) is 0 Å². The van der Waals surface area contributed by atoms with Gasteiger partial charge in [0.05, 0.1) is 4.88 Å². The molecule has 0 radical (unpaired) electrons. The molecule has 1 aromatic heterocycles. The van der Waals surface area contributed by atoms with Crippen LogP contribution in [0.5, 0.6) is 0 Å². The summed E-state index contributed by atoms with van der Waals surface area (Å²) < 4.78 is 13.4. The summed E-state index contributed by atoms with van der Waals surface area (Å²) in [4.78, 5) is 27.1. The molecule has 0 unspecified atom stereocenters. The number of carbonyl (C=O) groups is 2. The maximum Gasteiger partial charge on any atom is 0.265 e. The van der Waals surface area contributed by atoms with Gasteiger partial charge in [0.1, 0.15) is 5.82 Å². The standard InChI is InChI=1S/C21H19FN2O2S/c1-2-24(14-15-5-3-6-17(22)13-15)21(26)16-8-10-18(11-9-16)23-20(25)19-7-4-12-27-19/h3-13H,2,14H2,1H3,(H,23,25). The molecule has 0 aliphatic rings. The molecule has 27 heavy (non-hydrogen) atoms. The highest BCUT2D eigenvalue weighted by Crippen LogP contribution is 2.16. The lowest BCUT2D eigenvalue weighted by Gasteiger charge is -2.21. The molecule has 2 aromatic carbocycles. The average molecular weight is 382 g/mol. The van der Waals surface area contributed by atoms with Gasteiger partial charge in [-0.1, -0.05) is 18.2 Å². The summed E-state index contributed by atoms with van der Waals surface area (Å²) in [6.07, 6.45) is 0. The van der Waals surface area contributed by atoms with Crippen molar-refractivity contribution in [1.29, 1.82) is 0 Å². The van der Waals surface area contributed by atoms with E-state index in [-0.39, 0.29) is 17.6 Å². The Hall–Kier alpha value is -2.99. The normalized spacial score (nSPS) is 10.4. The number of benzene rings is 2. The molecule has 138 valence electrons. The Balaban J connectivity index is 1.67. The molecule has 4 nitrogen and oxygen atoms in total. The van der Waals surface area contributed by atoms with Gasteiger partial charge in [-0.05, 0) is 60.3 Å². The Labute approximate surface area is 161 Å². The highest BCUT2D eigenvalue weighted by molar-refractivity contribution is 7.12. The Morgan fingerprint density at radius 2 is 1.85 bits per heavy atom. The molecule has 0 aliphatic carbocycles. The molecule has 2 amide bonds. The summed E-state index contributed by atoms with van der Waals surface area (Å²) in [5.74, 6) is -0.634. The van der Waals surface area contributed by atoms with Crippen LogP contribution in [0.2, 0.25) is 0 Å². The first-order valence-electron chi connectivity index (χ1n) is 8.55. The number of thiophene rings is 1. The van der Waals surface area contributed by atoms with Crippen LogP contribution in [0, 0.1) is 5.82 Å². The molecule has 0 atom stereocenters. The van der Waals surface area contributed by atoms with E-state index in [1.165, 1.54) is 23.5 Å². The number of hydrogen-bond acceptors (Lipinski definition) is 3. The smallest absolute Gasteiger partial charge is 0.265 e. The summed E-state index contributed by atoms with van der Waals surface area (Å²) in [7, 11) is 0. The Kier molecular flexibility index (Phi) is 5.98. The minimum Gasteiger partial charge on any atom is -0.335 e. The summed E-state index contributed by atoms with van der Waals surface area (Å²) in [5, 5.41) is 4.65. The van der Waals surface area contributed by atoms with Gasteiger partial charge in [-0.15, -0.1) is 11.3 Å². The Bertz CT molecular complexity index is 924. The minimum absolute atomic E-state index is 0.141. The monoisotopic (exact) mass is 382 g/mol. The van der Waals surface area contributed by atoms with Crippen molar-refractivity contribution in [3.05, 3.63) is 87.9 Å². The first-order valence-corrected chi connectivity index (χ1v) is 9.43. The van der Waals surface area contributed by atoms with E-state index in [9.17, 15) is 14.0 Å². The molecule has 0 saturated carbocycles. The highest BCUT2D eigenvalue weighted by Gasteiger charge is 2.15. The van der Waals surface area contributed by atoms with Gasteiger partial charge in [0.15, 0.2) is 0 Å². The number of carbonyl (C=O) groups excluding carboxylic acids is 2. The van der Waals surface area contributed by atoms with E-state index in [1.807, 2.05) is 18.4 Å². The molecule has 6 heteroatoms. The molecule has 0 bridgehead atoms. The Morgan fingerprint density at radius 1 is 1.07 bits per heavy atom. The lowest BCUT2D eigenvalue weighted by atomic mass is 10.1. The van der Waals surface area contributed by atoms with Crippen molar-refractivity contribution >= 4 is 28.8 Å². The van der Waals surface area contributed by atoms with Crippen LogP contribution in [0.4, 0.5) is 10.1 Å². The first kappa shape index (κ1) is 18.8. The number of anilines is 1. The van der Waals surface area contributed by atoms with Gasteiger partial charge in [-0.25, -0.2) is 4.39 Å². The predicted octanol–water partition coefficient (Wildman–Crippen LogP) is 4.80. The minimum atomic E-state index is -0.318. The molecule has 3 aromatic rings. The quantitative estimate of drug-likeness (QED) is 0.666. The maximum atomic E-state index is 13.4. The number of halogens is 1. The summed E-state index contributed by atoms with van der Waals surface area (Å²) in [6, 6.07) is 16.6. The second-order valence-corrected chi connectivity index (χ2v) is 6.91. The van der Waals surface area contributed by atoms with E-state index in [2.05, 4.69) is 5.32 Å². The Morgan fingerprint density at radius 3 is 2.48 bits per heavy atom. The number of hydrogen-bond donors (Lipinski definition) is 1. The number of rotatable bonds is 6. The van der Waals surface area contributed by atoms with Gasteiger partial charge in [0.2, 0.25) is 0 Å². The molecule has 0 spiro atoms. The topological polar surface area (TPSA) is 49.4 Å². The van der Waals surface area contributed by atoms with Crippen molar-refractivity contribution in [3.8, 4) is 0 Å². The van der Waals surface area contributed by atoms with Gasteiger partial charge in [-0.3, -0.25) is 9.59 Å². The second kappa shape index (κ2) is 8.60. The van der Waals surface area contributed by atoms with Crippen LogP contribution in [-0.4, -0.2) is 23.3 Å². The summed E-state index contributed by atoms with van der Waals surface area (Å²) >= 11 is 1.37. The molecule has 1 heterocycles. The van der Waals surface area contributed by atoms with Crippen molar-refractivity contribution in [2.75, 3.05) is 11.9 Å². The molecule has 3 rings (SSSR count). The fourth-order valence-electron chi connectivity index (χ4n) is 2.66. The SMILES string of the molecule is CCN(Cc1cccc(F)c1)C(=O)c1ccc(NC(=O)c2cccs2)cc1. The van der Waals surface area contributed by atoms with Crippen LogP contribution in [0.3, 0.4) is 0 Å². The van der Waals surface area contributed by atoms with Gasteiger partial charge in [-0.2, -0.15) is 0 Å². The van der Waals surface area contributed by atoms with E-state index in [1.54, 1.807) is 47.4 Å². The van der Waals surface area contributed by atoms with E-state index < -0.39 is 0 Å². The van der Waals surface area contributed by atoms with Crippen molar-refractivity contribution < 1.29 is 14.0 Å². The second-order valence-electron chi connectivity index (χ2n) is 5.96. The van der Waals surface area contributed by atoms with E-state index >= 15 is 0 Å². The number of amides is 2. The molecule has 1 N–H and O–H groups in total. The van der Waals surface area contributed by atoms with Crippen molar-refractivity contribution in [1.82, 2.24) is 4.90 Å². The van der Waals surface area contributed by atoms with Crippen LogP contribution in [-0.2, 0) is 6.54 Å².